The number of nitrogens with one attached hydrogen (secondary N) is 1. The molecule has 0 aliphatic carbocycles. The molecular formula is C8H16N2O2. The van der Waals surface area contributed by atoms with E-state index in [4.69, 9.17) is 10.8 Å². The topological polar surface area (TPSA) is 75.3 Å². The van der Waals surface area contributed by atoms with Crippen molar-refractivity contribution in [2.75, 3.05) is 13.1 Å². The number of carbonyl (C=O) groups is 1. The predicted octanol–water partition coefficient (Wildman–Crippen LogP) is -0.212. The Bertz CT molecular complexity index is 184. The lowest BCUT2D eigenvalue weighted by Gasteiger charge is -2.38. The van der Waals surface area contributed by atoms with E-state index in [9.17, 15) is 4.79 Å². The van der Waals surface area contributed by atoms with Gasteiger partial charge in [0.05, 0.1) is 6.42 Å². The number of aliphatic carboxylic acids is 1. The summed E-state index contributed by atoms with van der Waals surface area (Å²) in [5.74, 6) is -0.561. The Morgan fingerprint density at radius 3 is 3.00 bits per heavy atom. The number of rotatable bonds is 2. The molecule has 1 saturated heterocycles. The average Bonchev–Trinajstić information content (AvgIpc) is 1.94. The number of carboxylic acids is 1. The maximum Gasteiger partial charge on any atom is 0.305 e. The van der Waals surface area contributed by atoms with Crippen LogP contribution in [0.3, 0.4) is 0 Å². The van der Waals surface area contributed by atoms with Crippen molar-refractivity contribution in [3.63, 3.8) is 0 Å². The Kier molecular flexibility index (Phi) is 2.69. The van der Waals surface area contributed by atoms with Crippen molar-refractivity contribution >= 4 is 5.97 Å². The van der Waals surface area contributed by atoms with E-state index in [-0.39, 0.29) is 12.3 Å². The molecule has 1 fully saturated rings. The molecule has 0 spiro atoms. The first kappa shape index (κ1) is 9.48. The molecule has 70 valence electrons. The molecular weight excluding hydrogens is 156 g/mol. The fourth-order valence-electron chi connectivity index (χ4n) is 1.63. The summed E-state index contributed by atoms with van der Waals surface area (Å²) in [4.78, 5) is 10.5. The third-order valence-electron chi connectivity index (χ3n) is 2.68. The molecule has 0 aromatic carbocycles. The maximum atomic E-state index is 10.5. The van der Waals surface area contributed by atoms with Gasteiger partial charge in [0, 0.05) is 5.54 Å². The fraction of sp³-hybridized carbons (Fsp3) is 0.875. The van der Waals surface area contributed by atoms with Crippen molar-refractivity contribution in [3.8, 4) is 0 Å². The lowest BCUT2D eigenvalue weighted by molar-refractivity contribution is -0.139. The Morgan fingerprint density at radius 1 is 1.83 bits per heavy atom. The molecule has 2 atom stereocenters. The van der Waals surface area contributed by atoms with E-state index < -0.39 is 11.5 Å². The summed E-state index contributed by atoms with van der Waals surface area (Å²) in [7, 11) is 0. The van der Waals surface area contributed by atoms with Gasteiger partial charge in [-0.25, -0.2) is 0 Å². The van der Waals surface area contributed by atoms with Crippen LogP contribution < -0.4 is 11.1 Å². The van der Waals surface area contributed by atoms with Gasteiger partial charge in [-0.3, -0.25) is 4.79 Å². The largest absolute Gasteiger partial charge is 0.481 e. The van der Waals surface area contributed by atoms with E-state index >= 15 is 0 Å². The van der Waals surface area contributed by atoms with Crippen LogP contribution in [0.1, 0.15) is 19.8 Å². The van der Waals surface area contributed by atoms with Gasteiger partial charge in [0.25, 0.3) is 0 Å². The van der Waals surface area contributed by atoms with Gasteiger partial charge in [0.15, 0.2) is 0 Å². The van der Waals surface area contributed by atoms with E-state index in [0.717, 1.165) is 19.5 Å². The molecule has 1 rings (SSSR count). The highest BCUT2D eigenvalue weighted by atomic mass is 16.4. The summed E-state index contributed by atoms with van der Waals surface area (Å²) in [5.41, 5.74) is 5.48. The van der Waals surface area contributed by atoms with Crippen molar-refractivity contribution in [2.24, 2.45) is 11.7 Å². The van der Waals surface area contributed by atoms with Crippen LogP contribution in [0.25, 0.3) is 0 Å². The molecule has 0 amide bonds. The first-order chi connectivity index (χ1) is 5.54. The highest BCUT2D eigenvalue weighted by molar-refractivity contribution is 5.68. The molecule has 4 heteroatoms. The zero-order valence-electron chi connectivity index (χ0n) is 7.34. The second-order valence-corrected chi connectivity index (χ2v) is 3.66. The van der Waals surface area contributed by atoms with Gasteiger partial charge in [-0.15, -0.1) is 0 Å². The van der Waals surface area contributed by atoms with Gasteiger partial charge < -0.3 is 16.2 Å². The van der Waals surface area contributed by atoms with Gasteiger partial charge in [-0.1, -0.05) is 6.92 Å². The van der Waals surface area contributed by atoms with Crippen LogP contribution in [0, 0.1) is 5.92 Å². The van der Waals surface area contributed by atoms with Crippen molar-refractivity contribution in [2.45, 2.75) is 25.3 Å². The number of nitrogens with two attached hydrogens (primary N) is 1. The molecule has 0 aromatic rings. The van der Waals surface area contributed by atoms with Crippen molar-refractivity contribution in [3.05, 3.63) is 0 Å². The number of carboxylic acid groups (broad SMARTS) is 1. The first-order valence-corrected chi connectivity index (χ1v) is 4.26. The first-order valence-electron chi connectivity index (χ1n) is 4.26. The van der Waals surface area contributed by atoms with Crippen LogP contribution in [0.2, 0.25) is 0 Å². The van der Waals surface area contributed by atoms with Gasteiger partial charge in [0.1, 0.15) is 0 Å². The Hall–Kier alpha value is -0.610. The average molecular weight is 172 g/mol. The molecule has 2 unspecified atom stereocenters. The summed E-state index contributed by atoms with van der Waals surface area (Å²) < 4.78 is 0. The van der Waals surface area contributed by atoms with Crippen LogP contribution in [0.5, 0.6) is 0 Å². The molecule has 1 aliphatic heterocycles. The third-order valence-corrected chi connectivity index (χ3v) is 2.68. The highest BCUT2D eigenvalue weighted by Gasteiger charge is 2.36. The van der Waals surface area contributed by atoms with Crippen molar-refractivity contribution in [1.29, 1.82) is 0 Å². The SMILES string of the molecule is CC1CNCCC1(N)CC(=O)O. The predicted molar refractivity (Wildman–Crippen MR) is 45.8 cm³/mol. The molecule has 0 radical (unpaired) electrons. The van der Waals surface area contributed by atoms with Crippen LogP contribution in [0.15, 0.2) is 0 Å². The van der Waals surface area contributed by atoms with Crippen LogP contribution in [-0.4, -0.2) is 29.7 Å². The van der Waals surface area contributed by atoms with Gasteiger partial charge >= 0.3 is 5.97 Å². The maximum absolute atomic E-state index is 10.5. The third kappa shape index (κ3) is 1.95. The van der Waals surface area contributed by atoms with Crippen LogP contribution in [-0.2, 0) is 4.79 Å². The zero-order valence-corrected chi connectivity index (χ0v) is 7.34. The molecule has 4 nitrogen and oxygen atoms in total. The van der Waals surface area contributed by atoms with E-state index in [0.29, 0.717) is 0 Å². The zero-order chi connectivity index (χ0) is 9.19. The molecule has 0 saturated carbocycles. The van der Waals surface area contributed by atoms with Crippen LogP contribution >= 0.6 is 0 Å². The highest BCUT2D eigenvalue weighted by Crippen LogP contribution is 2.24. The number of hydrogen-bond acceptors (Lipinski definition) is 3. The molecule has 0 aromatic heterocycles. The second kappa shape index (κ2) is 3.41. The van der Waals surface area contributed by atoms with E-state index in [1.54, 1.807) is 0 Å². The Balaban J connectivity index is 2.59. The smallest absolute Gasteiger partial charge is 0.305 e. The van der Waals surface area contributed by atoms with Crippen LogP contribution in [0.4, 0.5) is 0 Å². The summed E-state index contributed by atoms with van der Waals surface area (Å²) in [5, 5.41) is 11.8. The van der Waals surface area contributed by atoms with Gasteiger partial charge in [-0.2, -0.15) is 0 Å². The Labute approximate surface area is 72.1 Å². The monoisotopic (exact) mass is 172 g/mol. The molecule has 1 aliphatic rings. The lowest BCUT2D eigenvalue weighted by Crippen LogP contribution is -2.56. The molecule has 4 N–H and O–H groups in total. The quantitative estimate of drug-likeness (QED) is 0.538. The lowest BCUT2D eigenvalue weighted by atomic mass is 9.78. The minimum Gasteiger partial charge on any atom is -0.481 e. The van der Waals surface area contributed by atoms with E-state index in [1.165, 1.54) is 0 Å². The normalized spacial score (nSPS) is 36.3. The molecule has 12 heavy (non-hydrogen) atoms. The molecule has 1 heterocycles. The summed E-state index contributed by atoms with van der Waals surface area (Å²) in [6.07, 6.45) is 0.830. The summed E-state index contributed by atoms with van der Waals surface area (Å²) >= 11 is 0. The number of piperidine rings is 1. The van der Waals surface area contributed by atoms with Crippen molar-refractivity contribution < 1.29 is 9.90 Å². The van der Waals surface area contributed by atoms with E-state index in [1.807, 2.05) is 6.92 Å². The Morgan fingerprint density at radius 2 is 2.50 bits per heavy atom. The van der Waals surface area contributed by atoms with Crippen molar-refractivity contribution in [1.82, 2.24) is 5.32 Å². The number of hydrogen-bond donors (Lipinski definition) is 3. The minimum absolute atomic E-state index is 0.0792. The second-order valence-electron chi connectivity index (χ2n) is 3.66. The molecule has 0 bridgehead atoms. The van der Waals surface area contributed by atoms with Gasteiger partial charge in [-0.05, 0) is 25.4 Å². The van der Waals surface area contributed by atoms with E-state index in [2.05, 4.69) is 5.32 Å². The summed E-state index contributed by atoms with van der Waals surface area (Å²) in [6, 6.07) is 0. The summed E-state index contributed by atoms with van der Waals surface area (Å²) in [6.45, 7) is 3.65. The minimum atomic E-state index is -0.800. The fourth-order valence-corrected chi connectivity index (χ4v) is 1.63. The van der Waals surface area contributed by atoms with Gasteiger partial charge in [0.2, 0.25) is 0 Å². The standard InChI is InChI=1S/C8H16N2O2/c1-6-5-10-3-2-8(6,9)4-7(11)12/h6,10H,2-5,9H2,1H3,(H,11,12).